The van der Waals surface area contributed by atoms with E-state index in [9.17, 15) is 0 Å². The summed E-state index contributed by atoms with van der Waals surface area (Å²) in [6, 6.07) is 0. The van der Waals surface area contributed by atoms with Crippen molar-refractivity contribution in [3.63, 3.8) is 0 Å². The molecule has 0 heterocycles. The van der Waals surface area contributed by atoms with E-state index in [1.807, 2.05) is 6.56 Å². The van der Waals surface area contributed by atoms with Crippen LogP contribution in [0.1, 0.15) is 83.1 Å². The normalized spacial score (nSPS) is 24.4. The van der Waals surface area contributed by atoms with Crippen molar-refractivity contribution in [3.05, 3.63) is 42.0 Å². The van der Waals surface area contributed by atoms with Crippen molar-refractivity contribution in [3.8, 4) is 0 Å². The van der Waals surface area contributed by atoms with Gasteiger partial charge in [0.05, 0.1) is 0 Å². The molecule has 2 aliphatic carbocycles. The van der Waals surface area contributed by atoms with Crippen molar-refractivity contribution < 1.29 is 23.2 Å². The fraction of sp³-hybridized carbons (Fsp3) is 0.692. The van der Waals surface area contributed by atoms with Gasteiger partial charge in [0.1, 0.15) is 0 Å². The van der Waals surface area contributed by atoms with E-state index in [4.69, 9.17) is 0 Å². The van der Waals surface area contributed by atoms with Crippen LogP contribution < -0.4 is 0 Å². The minimum atomic E-state index is -0.874. The molecule has 27 heavy (non-hydrogen) atoms. The van der Waals surface area contributed by atoms with Gasteiger partial charge in [-0.25, -0.2) is 0 Å². The summed E-state index contributed by atoms with van der Waals surface area (Å²) in [5.74, 6) is 1.21. The zero-order valence-corrected chi connectivity index (χ0v) is 22.4. The summed E-state index contributed by atoms with van der Waals surface area (Å²) < 4.78 is 3.65. The Balaban J connectivity index is 2.61. The third-order valence-electron chi connectivity index (χ3n) is 5.86. The second-order valence-electron chi connectivity index (χ2n) is 12.7. The standard InChI is InChI=1S/2C13H21.Zr/c2*1-12(2,3)10-7-8-11(9-10)13(4,5)6;/h2*7-8,10H,1-6H3;. The summed E-state index contributed by atoms with van der Waals surface area (Å²) in [5.41, 5.74) is 4.33. The van der Waals surface area contributed by atoms with Gasteiger partial charge in [0.25, 0.3) is 0 Å². The van der Waals surface area contributed by atoms with Crippen LogP contribution in [0.25, 0.3) is 0 Å². The molecule has 150 valence electrons. The Labute approximate surface area is 181 Å². The molecule has 2 aliphatic rings. The molecule has 0 amide bonds. The molecule has 1 heteroatoms. The number of allylic oxidation sites excluding steroid dienone is 8. The Morgan fingerprint density at radius 3 is 1.07 bits per heavy atom. The van der Waals surface area contributed by atoms with Crippen molar-refractivity contribution in [2.24, 2.45) is 33.5 Å². The van der Waals surface area contributed by atoms with Crippen LogP contribution in [0.15, 0.2) is 42.0 Å². The van der Waals surface area contributed by atoms with Gasteiger partial charge in [0.15, 0.2) is 0 Å². The van der Waals surface area contributed by atoms with E-state index >= 15 is 0 Å². The number of rotatable bonds is 2. The second kappa shape index (κ2) is 7.27. The quantitative estimate of drug-likeness (QED) is 0.402. The van der Waals surface area contributed by atoms with Crippen molar-refractivity contribution in [2.75, 3.05) is 0 Å². The SMILES string of the molecule is CC(C)(C)C1=[C]([Zr][C]2=C(C(C)(C)C)C=CC2C(C)(C)C)C(C(C)(C)C)C=C1. The third kappa shape index (κ3) is 5.07. The molecule has 2 rings (SSSR count). The van der Waals surface area contributed by atoms with Crippen LogP contribution in [-0.4, -0.2) is 0 Å². The molecule has 0 bridgehead atoms. The van der Waals surface area contributed by atoms with Crippen LogP contribution in [0.2, 0.25) is 0 Å². The summed E-state index contributed by atoms with van der Waals surface area (Å²) in [5, 5.41) is 0. The van der Waals surface area contributed by atoms with E-state index in [0.29, 0.717) is 22.7 Å². The fourth-order valence-electron chi connectivity index (χ4n) is 4.28. The maximum atomic E-state index is 2.52. The molecule has 0 aromatic carbocycles. The monoisotopic (exact) mass is 444 g/mol. The van der Waals surface area contributed by atoms with Crippen molar-refractivity contribution >= 4 is 0 Å². The van der Waals surface area contributed by atoms with Gasteiger partial charge in [0, 0.05) is 0 Å². The molecule has 0 aromatic heterocycles. The number of hydrogen-bond acceptors (Lipinski definition) is 0. The Bertz CT molecular complexity index is 635. The topological polar surface area (TPSA) is 0 Å². The first-order valence-corrected chi connectivity index (χ1v) is 13.0. The van der Waals surface area contributed by atoms with E-state index in [1.54, 1.807) is 11.1 Å². The van der Waals surface area contributed by atoms with E-state index in [-0.39, 0.29) is 10.8 Å². The van der Waals surface area contributed by atoms with Gasteiger partial charge >= 0.3 is 182 Å². The van der Waals surface area contributed by atoms with Gasteiger partial charge in [0.2, 0.25) is 0 Å². The van der Waals surface area contributed by atoms with Crippen LogP contribution in [0, 0.1) is 33.5 Å². The predicted octanol–water partition coefficient (Wildman–Crippen LogP) is 8.13. The first kappa shape index (κ1) is 23.1. The number of hydrogen-bond donors (Lipinski definition) is 0. The van der Waals surface area contributed by atoms with Gasteiger partial charge < -0.3 is 0 Å². The molecule has 0 fully saturated rings. The summed E-state index contributed by atoms with van der Waals surface area (Å²) in [4.78, 5) is 0. The molecule has 0 radical (unpaired) electrons. The van der Waals surface area contributed by atoms with Gasteiger partial charge in [-0.2, -0.15) is 0 Å². The summed E-state index contributed by atoms with van der Waals surface area (Å²) in [6.45, 7) is 28.9. The minimum absolute atomic E-state index is 0.235. The average molecular weight is 446 g/mol. The van der Waals surface area contributed by atoms with E-state index < -0.39 is 23.2 Å². The molecule has 0 saturated heterocycles. The molecule has 0 N–H and O–H groups in total. The van der Waals surface area contributed by atoms with Crippen molar-refractivity contribution in [2.45, 2.75) is 83.1 Å². The molecule has 0 spiro atoms. The van der Waals surface area contributed by atoms with Gasteiger partial charge in [-0.3, -0.25) is 0 Å². The molecule has 2 atom stereocenters. The van der Waals surface area contributed by atoms with E-state index in [0.717, 1.165) is 0 Å². The average Bonchev–Trinajstić information content (AvgIpc) is 2.99. The summed E-state index contributed by atoms with van der Waals surface area (Å²) in [7, 11) is 0. The van der Waals surface area contributed by atoms with Crippen LogP contribution in [0.4, 0.5) is 0 Å². The van der Waals surface area contributed by atoms with Gasteiger partial charge in [-0.15, -0.1) is 0 Å². The molecule has 0 nitrogen and oxygen atoms in total. The molecule has 2 unspecified atom stereocenters. The van der Waals surface area contributed by atoms with Crippen LogP contribution in [0.5, 0.6) is 0 Å². The summed E-state index contributed by atoms with van der Waals surface area (Å²) in [6.07, 6.45) is 9.97. The Morgan fingerprint density at radius 2 is 0.852 bits per heavy atom. The Hall–Kier alpha value is -0.157. The third-order valence-corrected chi connectivity index (χ3v) is 10.0. The molecular weight excluding hydrogens is 404 g/mol. The van der Waals surface area contributed by atoms with Gasteiger partial charge in [-0.05, 0) is 0 Å². The molecule has 0 aromatic rings. The first-order chi connectivity index (χ1) is 11.9. The van der Waals surface area contributed by atoms with E-state index in [1.165, 1.54) is 0 Å². The molecule has 0 saturated carbocycles. The van der Waals surface area contributed by atoms with Crippen LogP contribution in [0.3, 0.4) is 0 Å². The predicted molar refractivity (Wildman–Crippen MR) is 117 cm³/mol. The second-order valence-corrected chi connectivity index (χ2v) is 15.9. The van der Waals surface area contributed by atoms with Crippen molar-refractivity contribution in [1.29, 1.82) is 0 Å². The first-order valence-electron chi connectivity index (χ1n) is 10.6. The van der Waals surface area contributed by atoms with Gasteiger partial charge in [-0.1, -0.05) is 0 Å². The Kier molecular flexibility index (Phi) is 6.23. The Morgan fingerprint density at radius 1 is 0.556 bits per heavy atom. The van der Waals surface area contributed by atoms with Crippen LogP contribution in [-0.2, 0) is 23.2 Å². The van der Waals surface area contributed by atoms with Crippen molar-refractivity contribution in [1.82, 2.24) is 0 Å². The molecule has 0 aliphatic heterocycles. The zero-order valence-electron chi connectivity index (χ0n) is 20.0. The fourth-order valence-corrected chi connectivity index (χ4v) is 11.3. The van der Waals surface area contributed by atoms with E-state index in [2.05, 4.69) is 107 Å². The van der Waals surface area contributed by atoms with Crippen LogP contribution >= 0.6 is 0 Å². The summed E-state index contributed by atoms with van der Waals surface area (Å²) >= 11 is -0.874. The maximum absolute atomic E-state index is 2.52. The zero-order chi connectivity index (χ0) is 21.0. The molecular formula is C26H42Zr.